The van der Waals surface area contributed by atoms with Gasteiger partial charge in [0.15, 0.2) is 0 Å². The number of hydrogen-bond acceptors (Lipinski definition) is 5. The van der Waals surface area contributed by atoms with Gasteiger partial charge in [0.2, 0.25) is 11.7 Å². The summed E-state index contributed by atoms with van der Waals surface area (Å²) in [6, 6.07) is 34.1. The molecule has 0 aliphatic carbocycles. The first-order valence-corrected chi connectivity index (χ1v) is 13.8. The highest BCUT2D eigenvalue weighted by molar-refractivity contribution is 8.01. The van der Waals surface area contributed by atoms with Gasteiger partial charge in [0.05, 0.1) is 22.1 Å². The molecule has 3 aromatic heterocycles. The quantitative estimate of drug-likeness (QED) is 0.238. The van der Waals surface area contributed by atoms with Crippen LogP contribution in [0.5, 0.6) is 0 Å². The molecule has 0 saturated carbocycles. The van der Waals surface area contributed by atoms with Gasteiger partial charge in [-0.05, 0) is 41.9 Å². The molecule has 8 heteroatoms. The Kier molecular flexibility index (Phi) is 3.95. The highest BCUT2D eigenvalue weighted by Crippen LogP contribution is 2.37. The Morgan fingerprint density at radius 3 is 1.84 bits per heavy atom. The summed E-state index contributed by atoms with van der Waals surface area (Å²) in [5.74, 6) is 1.49. The average molecular weight is 509 g/mol. The fraction of sp³-hybridized carbons (Fsp3) is 0. The molecule has 5 heterocycles. The molecule has 0 radical (unpaired) electrons. The second-order valence-corrected chi connectivity index (χ2v) is 11.4. The van der Waals surface area contributed by atoms with Crippen LogP contribution in [-0.4, -0.2) is 30.6 Å². The number of imidazole rings is 2. The van der Waals surface area contributed by atoms with Gasteiger partial charge in [-0.25, -0.2) is 19.5 Å². The molecule has 0 bridgehead atoms. The second-order valence-electron chi connectivity index (χ2n) is 9.32. The van der Waals surface area contributed by atoms with Gasteiger partial charge in [0.25, 0.3) is 6.71 Å². The smallest absolute Gasteiger partial charge is 0.251 e. The molecular weight excluding hydrogens is 493 g/mol. The first-order valence-electron chi connectivity index (χ1n) is 12.2. The molecule has 172 valence electrons. The van der Waals surface area contributed by atoms with Crippen molar-refractivity contribution in [2.45, 2.75) is 19.8 Å². The van der Waals surface area contributed by atoms with Gasteiger partial charge in [-0.1, -0.05) is 95.1 Å². The molecule has 0 N–H and O–H groups in total. The number of rotatable bonds is 1. The molecule has 9 rings (SSSR count). The summed E-state index contributed by atoms with van der Waals surface area (Å²) in [7, 11) is 0. The third-order valence-corrected chi connectivity index (χ3v) is 9.52. The van der Waals surface area contributed by atoms with Crippen LogP contribution in [0.15, 0.2) is 117 Å². The van der Waals surface area contributed by atoms with Gasteiger partial charge in [-0.2, -0.15) is 0 Å². The summed E-state index contributed by atoms with van der Waals surface area (Å²) in [5, 5.41) is 2.05. The normalized spacial score (nSPS) is 13.7. The SMILES string of the molecule is c1ccc2c(c1)Sc1nc(-n3c4ccccc4n4c5ccccc5nc34)nc3c1B2c1ccccc1S3. The summed E-state index contributed by atoms with van der Waals surface area (Å²) in [6.45, 7) is 0.143. The minimum absolute atomic E-state index is 0.143. The van der Waals surface area contributed by atoms with Crippen molar-refractivity contribution in [3.8, 4) is 5.95 Å². The van der Waals surface area contributed by atoms with E-state index < -0.39 is 0 Å². The average Bonchev–Trinajstić information content (AvgIpc) is 3.47. The molecule has 0 atom stereocenters. The van der Waals surface area contributed by atoms with Gasteiger partial charge in [0.1, 0.15) is 10.1 Å². The highest BCUT2D eigenvalue weighted by atomic mass is 32.2. The van der Waals surface area contributed by atoms with Crippen LogP contribution in [0.25, 0.3) is 33.8 Å². The van der Waals surface area contributed by atoms with E-state index in [0.717, 1.165) is 37.9 Å². The Balaban J connectivity index is 1.37. The van der Waals surface area contributed by atoms with E-state index in [-0.39, 0.29) is 6.71 Å². The maximum absolute atomic E-state index is 5.24. The Bertz CT molecular complexity index is 2010. The second kappa shape index (κ2) is 7.28. The summed E-state index contributed by atoms with van der Waals surface area (Å²) in [5.41, 5.74) is 8.06. The van der Waals surface area contributed by atoms with E-state index in [2.05, 4.69) is 100.0 Å². The first kappa shape index (κ1) is 20.1. The number of benzene rings is 4. The van der Waals surface area contributed by atoms with E-state index in [1.54, 1.807) is 23.5 Å². The predicted octanol–water partition coefficient (Wildman–Crippen LogP) is 4.67. The van der Waals surface area contributed by atoms with Gasteiger partial charge < -0.3 is 0 Å². The van der Waals surface area contributed by atoms with Crippen molar-refractivity contribution in [2.75, 3.05) is 0 Å². The van der Waals surface area contributed by atoms with E-state index in [1.807, 2.05) is 6.07 Å². The Hall–Kier alpha value is -4.01. The third-order valence-electron chi connectivity index (χ3n) is 7.33. The van der Waals surface area contributed by atoms with Crippen molar-refractivity contribution in [1.29, 1.82) is 0 Å². The van der Waals surface area contributed by atoms with Gasteiger partial charge in [-0.15, -0.1) is 0 Å². The van der Waals surface area contributed by atoms with Crippen LogP contribution in [0.3, 0.4) is 0 Å². The molecular formula is C29H16BN5S2. The van der Waals surface area contributed by atoms with Gasteiger partial charge >= 0.3 is 0 Å². The molecule has 0 spiro atoms. The molecule has 0 unspecified atom stereocenters. The lowest BCUT2D eigenvalue weighted by Crippen LogP contribution is -2.58. The van der Waals surface area contributed by atoms with Crippen LogP contribution in [0.4, 0.5) is 0 Å². The molecule has 4 aromatic carbocycles. The molecule has 2 aliphatic heterocycles. The Morgan fingerprint density at radius 2 is 1.14 bits per heavy atom. The predicted molar refractivity (Wildman–Crippen MR) is 151 cm³/mol. The maximum atomic E-state index is 5.24. The van der Waals surface area contributed by atoms with Crippen molar-refractivity contribution in [1.82, 2.24) is 23.9 Å². The molecule has 0 amide bonds. The topological polar surface area (TPSA) is 48.0 Å². The molecule has 5 nitrogen and oxygen atoms in total. The van der Waals surface area contributed by atoms with Crippen LogP contribution in [0.1, 0.15) is 0 Å². The van der Waals surface area contributed by atoms with Crippen molar-refractivity contribution in [3.63, 3.8) is 0 Å². The van der Waals surface area contributed by atoms with Crippen LogP contribution < -0.4 is 16.4 Å². The molecule has 2 aliphatic rings. The van der Waals surface area contributed by atoms with Gasteiger partial charge in [-0.3, -0.25) is 4.40 Å². The lowest BCUT2D eigenvalue weighted by atomic mass is 9.37. The van der Waals surface area contributed by atoms with Crippen LogP contribution in [-0.2, 0) is 0 Å². The lowest BCUT2D eigenvalue weighted by Gasteiger charge is -2.31. The van der Waals surface area contributed by atoms with Crippen LogP contribution in [0.2, 0.25) is 0 Å². The number of aromatic nitrogens is 5. The summed E-state index contributed by atoms with van der Waals surface area (Å²) in [6.07, 6.45) is 0. The Labute approximate surface area is 220 Å². The van der Waals surface area contributed by atoms with E-state index in [0.29, 0.717) is 5.95 Å². The molecule has 37 heavy (non-hydrogen) atoms. The van der Waals surface area contributed by atoms with E-state index in [9.17, 15) is 0 Å². The third kappa shape index (κ3) is 2.66. The summed E-state index contributed by atoms with van der Waals surface area (Å²) >= 11 is 3.49. The van der Waals surface area contributed by atoms with E-state index >= 15 is 0 Å². The van der Waals surface area contributed by atoms with Crippen molar-refractivity contribution in [2.24, 2.45) is 0 Å². The summed E-state index contributed by atoms with van der Waals surface area (Å²) in [4.78, 5) is 18.0. The fourth-order valence-electron chi connectivity index (χ4n) is 5.78. The largest absolute Gasteiger partial charge is 0.276 e. The minimum Gasteiger partial charge on any atom is -0.276 e. The van der Waals surface area contributed by atoms with Crippen LogP contribution in [0, 0.1) is 0 Å². The fourth-order valence-corrected chi connectivity index (χ4v) is 8.07. The zero-order chi connectivity index (χ0) is 24.1. The number of nitrogens with zero attached hydrogens (tertiary/aromatic N) is 5. The number of fused-ring (bicyclic) bond motifs is 9. The minimum atomic E-state index is 0.143. The molecule has 0 fully saturated rings. The highest BCUT2D eigenvalue weighted by Gasteiger charge is 2.40. The van der Waals surface area contributed by atoms with Crippen LogP contribution >= 0.6 is 23.5 Å². The van der Waals surface area contributed by atoms with Crippen molar-refractivity contribution < 1.29 is 0 Å². The number of hydrogen-bond donors (Lipinski definition) is 0. The van der Waals surface area contributed by atoms with Crippen molar-refractivity contribution in [3.05, 3.63) is 97.1 Å². The zero-order valence-electron chi connectivity index (χ0n) is 19.4. The molecule has 7 aromatic rings. The van der Waals surface area contributed by atoms with E-state index in [4.69, 9.17) is 15.0 Å². The lowest BCUT2D eigenvalue weighted by molar-refractivity contribution is 0.884. The maximum Gasteiger partial charge on any atom is 0.251 e. The van der Waals surface area contributed by atoms with Crippen molar-refractivity contribution >= 4 is 74.5 Å². The standard InChI is InChI=1S/C29H16BN5S2/c1-7-15-23-17(9-1)30-18-10-2-8-16-24(18)37-27-25(30)26(36-23)32-28(33-27)35-22-14-6-5-13-21(22)34-20-12-4-3-11-19(20)31-29(34)35/h1-16H. The Morgan fingerprint density at radius 1 is 0.568 bits per heavy atom. The summed E-state index contributed by atoms with van der Waals surface area (Å²) < 4.78 is 4.33. The van der Waals surface area contributed by atoms with E-state index in [1.165, 1.54) is 26.2 Å². The zero-order valence-corrected chi connectivity index (χ0v) is 21.0. The van der Waals surface area contributed by atoms with Gasteiger partial charge in [0, 0.05) is 9.79 Å². The number of para-hydroxylation sites is 4. The first-order chi connectivity index (χ1) is 18.3. The molecule has 0 saturated heterocycles. The monoisotopic (exact) mass is 509 g/mol.